The lowest BCUT2D eigenvalue weighted by Crippen LogP contribution is -2.32. The summed E-state index contributed by atoms with van der Waals surface area (Å²) in [6, 6.07) is 14.0. The molecule has 36 heavy (non-hydrogen) atoms. The number of imide groups is 1. The van der Waals surface area contributed by atoms with Gasteiger partial charge in [0, 0.05) is 23.8 Å². The van der Waals surface area contributed by atoms with Crippen molar-refractivity contribution >= 4 is 34.7 Å². The second-order valence-corrected chi connectivity index (χ2v) is 9.83. The average molecular weight is 507 g/mol. The van der Waals surface area contributed by atoms with Gasteiger partial charge in [-0.1, -0.05) is 26.0 Å². The van der Waals surface area contributed by atoms with Crippen molar-refractivity contribution in [2.45, 2.75) is 33.6 Å². The fourth-order valence-electron chi connectivity index (χ4n) is 3.93. The third-order valence-electron chi connectivity index (χ3n) is 5.82. The van der Waals surface area contributed by atoms with E-state index in [0.29, 0.717) is 22.6 Å². The molecule has 2 aromatic carbocycles. The number of hydrogen-bond acceptors (Lipinski definition) is 7. The Hall–Kier alpha value is -3.85. The monoisotopic (exact) mass is 506 g/mol. The number of non-ortho nitro benzene ring substituents is 1. The minimum Gasteiger partial charge on any atom is -0.491 e. The largest absolute Gasteiger partial charge is 0.491 e. The molecule has 2 heterocycles. The Labute approximate surface area is 213 Å². The third-order valence-corrected chi connectivity index (χ3v) is 6.73. The number of thioether (sulfide) groups is 1. The molecule has 1 fully saturated rings. The van der Waals surface area contributed by atoms with Crippen molar-refractivity contribution < 1.29 is 23.7 Å². The molecule has 1 aliphatic heterocycles. The van der Waals surface area contributed by atoms with Crippen molar-refractivity contribution in [3.8, 4) is 17.1 Å². The Balaban J connectivity index is 1.44. The van der Waals surface area contributed by atoms with Gasteiger partial charge >= 0.3 is 0 Å². The third kappa shape index (κ3) is 5.36. The number of benzene rings is 2. The SMILES string of the molecule is Cc1ccc(C(C)C)c(OCCN2C(=O)S/C(=C\c3ccc(-c4ccc([N+](=O)[O-])cc4C)o3)C2=O)c1. The Kier molecular flexibility index (Phi) is 7.30. The van der Waals surface area contributed by atoms with Gasteiger partial charge in [0.05, 0.1) is 16.4 Å². The quantitative estimate of drug-likeness (QED) is 0.190. The molecule has 8 nitrogen and oxygen atoms in total. The maximum atomic E-state index is 12.9. The lowest BCUT2D eigenvalue weighted by Gasteiger charge is -2.17. The van der Waals surface area contributed by atoms with Gasteiger partial charge < -0.3 is 9.15 Å². The number of carbonyl (C=O) groups excluding carboxylic acids is 2. The standard InChI is InChI=1S/C27H26N2O6S/c1-16(2)21-8-5-17(3)13-24(21)34-12-11-28-26(30)25(36-27(28)31)15-20-7-10-23(35-20)22-9-6-19(29(32)33)14-18(22)4/h5-10,13-16H,11-12H2,1-4H3/b25-15-. The van der Waals surface area contributed by atoms with Crippen LogP contribution in [0, 0.1) is 24.0 Å². The van der Waals surface area contributed by atoms with Crippen LogP contribution in [0.2, 0.25) is 0 Å². The number of rotatable bonds is 8. The molecule has 0 atom stereocenters. The van der Waals surface area contributed by atoms with E-state index in [1.807, 2.05) is 25.1 Å². The number of carbonyl (C=O) groups is 2. The normalized spacial score (nSPS) is 14.8. The summed E-state index contributed by atoms with van der Waals surface area (Å²) in [6.07, 6.45) is 1.54. The summed E-state index contributed by atoms with van der Waals surface area (Å²) in [6.45, 7) is 8.25. The van der Waals surface area contributed by atoms with Gasteiger partial charge in [-0.05, 0) is 72.5 Å². The van der Waals surface area contributed by atoms with Gasteiger partial charge in [-0.25, -0.2) is 0 Å². The summed E-state index contributed by atoms with van der Waals surface area (Å²) in [5, 5.41) is 10.6. The number of amides is 2. The highest BCUT2D eigenvalue weighted by atomic mass is 32.2. The van der Waals surface area contributed by atoms with Gasteiger partial charge in [-0.15, -0.1) is 0 Å². The fraction of sp³-hybridized carbons (Fsp3) is 0.259. The van der Waals surface area contributed by atoms with E-state index < -0.39 is 10.8 Å². The van der Waals surface area contributed by atoms with Crippen LogP contribution >= 0.6 is 11.8 Å². The van der Waals surface area contributed by atoms with Crippen LogP contribution < -0.4 is 4.74 Å². The number of furan rings is 1. The topological polar surface area (TPSA) is 103 Å². The number of nitrogens with zero attached hydrogens (tertiary/aromatic N) is 2. The molecule has 186 valence electrons. The van der Waals surface area contributed by atoms with Crippen molar-refractivity contribution in [3.05, 3.63) is 86.0 Å². The highest BCUT2D eigenvalue weighted by Crippen LogP contribution is 2.34. The molecule has 0 aliphatic carbocycles. The van der Waals surface area contributed by atoms with E-state index >= 15 is 0 Å². The Morgan fingerprint density at radius 2 is 1.89 bits per heavy atom. The van der Waals surface area contributed by atoms with Crippen LogP contribution in [0.25, 0.3) is 17.4 Å². The first kappa shape index (κ1) is 25.2. The Morgan fingerprint density at radius 1 is 1.11 bits per heavy atom. The summed E-state index contributed by atoms with van der Waals surface area (Å²) in [5.74, 6) is 1.57. The number of nitro groups is 1. The summed E-state index contributed by atoms with van der Waals surface area (Å²) >= 11 is 0.855. The molecule has 0 bridgehead atoms. The second-order valence-electron chi connectivity index (χ2n) is 8.84. The van der Waals surface area contributed by atoms with Gasteiger partial charge in [0.1, 0.15) is 23.9 Å². The highest BCUT2D eigenvalue weighted by Gasteiger charge is 2.35. The molecule has 0 spiro atoms. The summed E-state index contributed by atoms with van der Waals surface area (Å²) in [5.41, 5.74) is 3.56. The van der Waals surface area contributed by atoms with Crippen molar-refractivity contribution in [3.63, 3.8) is 0 Å². The molecule has 9 heteroatoms. The molecule has 0 unspecified atom stereocenters. The minimum absolute atomic E-state index is 0.00325. The predicted molar refractivity (Wildman–Crippen MR) is 139 cm³/mol. The van der Waals surface area contributed by atoms with Crippen LogP contribution in [0.1, 0.15) is 42.2 Å². The maximum absolute atomic E-state index is 12.9. The van der Waals surface area contributed by atoms with E-state index in [-0.39, 0.29) is 34.9 Å². The lowest BCUT2D eigenvalue weighted by atomic mass is 10.0. The van der Waals surface area contributed by atoms with E-state index in [2.05, 4.69) is 13.8 Å². The van der Waals surface area contributed by atoms with Crippen LogP contribution in [0.3, 0.4) is 0 Å². The molecule has 2 amide bonds. The molecule has 0 N–H and O–H groups in total. The maximum Gasteiger partial charge on any atom is 0.293 e. The van der Waals surface area contributed by atoms with Crippen LogP contribution in [-0.2, 0) is 4.79 Å². The minimum atomic E-state index is -0.449. The van der Waals surface area contributed by atoms with E-state index in [0.717, 1.165) is 28.6 Å². The van der Waals surface area contributed by atoms with E-state index in [1.165, 1.54) is 23.1 Å². The molecule has 1 aliphatic rings. The summed E-state index contributed by atoms with van der Waals surface area (Å²) in [4.78, 5) is 37.3. The molecular weight excluding hydrogens is 480 g/mol. The summed E-state index contributed by atoms with van der Waals surface area (Å²) < 4.78 is 11.8. The van der Waals surface area contributed by atoms with E-state index in [1.54, 1.807) is 25.1 Å². The zero-order chi connectivity index (χ0) is 26.0. The average Bonchev–Trinajstić information content (AvgIpc) is 3.38. The van der Waals surface area contributed by atoms with Gasteiger partial charge in [0.2, 0.25) is 0 Å². The second kappa shape index (κ2) is 10.4. The molecule has 0 saturated carbocycles. The van der Waals surface area contributed by atoms with Crippen molar-refractivity contribution in [1.82, 2.24) is 4.90 Å². The highest BCUT2D eigenvalue weighted by molar-refractivity contribution is 8.18. The van der Waals surface area contributed by atoms with Crippen molar-refractivity contribution in [1.29, 1.82) is 0 Å². The van der Waals surface area contributed by atoms with Crippen LogP contribution in [-0.4, -0.2) is 34.1 Å². The first-order chi connectivity index (χ1) is 17.1. The van der Waals surface area contributed by atoms with Gasteiger partial charge in [0.25, 0.3) is 16.8 Å². The molecule has 0 radical (unpaired) electrons. The number of ether oxygens (including phenoxy) is 1. The van der Waals surface area contributed by atoms with E-state index in [9.17, 15) is 19.7 Å². The lowest BCUT2D eigenvalue weighted by molar-refractivity contribution is -0.384. The zero-order valence-electron chi connectivity index (χ0n) is 20.4. The zero-order valence-corrected chi connectivity index (χ0v) is 21.3. The molecule has 1 aromatic heterocycles. The van der Waals surface area contributed by atoms with Crippen molar-refractivity contribution in [2.24, 2.45) is 0 Å². The first-order valence-corrected chi connectivity index (χ1v) is 12.3. The molecule has 3 aromatic rings. The van der Waals surface area contributed by atoms with E-state index in [4.69, 9.17) is 9.15 Å². The van der Waals surface area contributed by atoms with Gasteiger partial charge in [0.15, 0.2) is 0 Å². The Bertz CT molecular complexity index is 1370. The van der Waals surface area contributed by atoms with Gasteiger partial charge in [-0.2, -0.15) is 0 Å². The summed E-state index contributed by atoms with van der Waals surface area (Å²) in [7, 11) is 0. The smallest absolute Gasteiger partial charge is 0.293 e. The van der Waals surface area contributed by atoms with Crippen LogP contribution in [0.15, 0.2) is 57.9 Å². The molecule has 1 saturated heterocycles. The number of nitro benzene ring substituents is 1. The van der Waals surface area contributed by atoms with Crippen LogP contribution in [0.4, 0.5) is 10.5 Å². The Morgan fingerprint density at radius 3 is 2.58 bits per heavy atom. The van der Waals surface area contributed by atoms with Crippen molar-refractivity contribution in [2.75, 3.05) is 13.2 Å². The van der Waals surface area contributed by atoms with Crippen LogP contribution in [0.5, 0.6) is 5.75 Å². The number of aryl methyl sites for hydroxylation is 2. The molecular formula is C27H26N2O6S. The van der Waals surface area contributed by atoms with Gasteiger partial charge in [-0.3, -0.25) is 24.6 Å². The number of hydrogen-bond donors (Lipinski definition) is 0. The fourth-order valence-corrected chi connectivity index (χ4v) is 4.77. The predicted octanol–water partition coefficient (Wildman–Crippen LogP) is 6.71. The first-order valence-electron chi connectivity index (χ1n) is 11.5. The molecule has 4 rings (SSSR count).